The van der Waals surface area contributed by atoms with Crippen molar-refractivity contribution < 1.29 is 5.11 Å². The maximum absolute atomic E-state index is 8.86. The summed E-state index contributed by atoms with van der Waals surface area (Å²) in [5.41, 5.74) is 1.88. The van der Waals surface area contributed by atoms with E-state index in [-0.39, 0.29) is 6.61 Å². The second-order valence-corrected chi connectivity index (χ2v) is 6.50. The topological polar surface area (TPSA) is 70.1 Å². The number of nitrogens with zero attached hydrogens (tertiary/aromatic N) is 2. The van der Waals surface area contributed by atoms with Gasteiger partial charge in [0.2, 0.25) is 5.95 Å². The third kappa shape index (κ3) is 3.55. The lowest BCUT2D eigenvalue weighted by atomic mass is 10.3. The lowest BCUT2D eigenvalue weighted by Crippen LogP contribution is -2.08. The van der Waals surface area contributed by atoms with Gasteiger partial charge in [-0.15, -0.1) is 11.3 Å². The number of hydrogen-bond acceptors (Lipinski definition) is 6. The van der Waals surface area contributed by atoms with Crippen molar-refractivity contribution in [2.24, 2.45) is 0 Å². The number of benzene rings is 1. The first-order chi connectivity index (χ1) is 10.8. The molecule has 0 aliphatic rings. The van der Waals surface area contributed by atoms with Crippen LogP contribution in [-0.2, 0) is 0 Å². The quantitative estimate of drug-likeness (QED) is 0.565. The number of halogens is 1. The third-order valence-corrected chi connectivity index (χ3v) is 4.47. The fourth-order valence-electron chi connectivity index (χ4n) is 1.98. The van der Waals surface area contributed by atoms with Gasteiger partial charge in [-0.1, -0.05) is 15.9 Å². The molecular formula is C15H15BrN4OS. The molecule has 0 aliphatic heterocycles. The Morgan fingerprint density at radius 1 is 1.14 bits per heavy atom. The van der Waals surface area contributed by atoms with Gasteiger partial charge in [0.15, 0.2) is 5.82 Å². The number of aliphatic hydroxyl groups is 1. The Kier molecular flexibility index (Phi) is 4.87. The van der Waals surface area contributed by atoms with Crippen molar-refractivity contribution >= 4 is 54.9 Å². The van der Waals surface area contributed by atoms with Gasteiger partial charge in [0.05, 0.1) is 10.2 Å². The molecule has 114 valence electrons. The number of anilines is 3. The predicted octanol–water partition coefficient (Wildman–Crippen LogP) is 3.99. The highest BCUT2D eigenvalue weighted by molar-refractivity contribution is 9.10. The molecule has 22 heavy (non-hydrogen) atoms. The number of rotatable bonds is 6. The minimum Gasteiger partial charge on any atom is -0.396 e. The molecule has 0 saturated carbocycles. The largest absolute Gasteiger partial charge is 0.396 e. The maximum Gasteiger partial charge on any atom is 0.225 e. The molecule has 5 nitrogen and oxygen atoms in total. The normalized spacial score (nSPS) is 10.8. The van der Waals surface area contributed by atoms with Gasteiger partial charge in [0.25, 0.3) is 0 Å². The number of aliphatic hydroxyl groups excluding tert-OH is 1. The number of aromatic nitrogens is 2. The molecule has 0 saturated heterocycles. The summed E-state index contributed by atoms with van der Waals surface area (Å²) in [6.45, 7) is 0.793. The van der Waals surface area contributed by atoms with Crippen LogP contribution in [0.4, 0.5) is 17.5 Å². The van der Waals surface area contributed by atoms with E-state index in [0.29, 0.717) is 18.9 Å². The molecule has 3 aromatic rings. The van der Waals surface area contributed by atoms with E-state index in [0.717, 1.165) is 26.2 Å². The zero-order chi connectivity index (χ0) is 15.4. The Labute approximate surface area is 140 Å². The van der Waals surface area contributed by atoms with Crippen molar-refractivity contribution in [1.29, 1.82) is 0 Å². The molecule has 0 atom stereocenters. The first-order valence-corrected chi connectivity index (χ1v) is 8.56. The number of thiophene rings is 1. The number of nitrogens with one attached hydrogen (secondary N) is 2. The summed E-state index contributed by atoms with van der Waals surface area (Å²) >= 11 is 5.04. The van der Waals surface area contributed by atoms with Gasteiger partial charge in [-0.05, 0) is 42.1 Å². The fourth-order valence-corrected chi connectivity index (χ4v) is 3.02. The van der Waals surface area contributed by atoms with Crippen LogP contribution in [0.3, 0.4) is 0 Å². The molecule has 1 aromatic carbocycles. The van der Waals surface area contributed by atoms with E-state index in [9.17, 15) is 0 Å². The highest BCUT2D eigenvalue weighted by Crippen LogP contribution is 2.29. The Hall–Kier alpha value is -1.70. The van der Waals surface area contributed by atoms with E-state index in [1.807, 2.05) is 35.7 Å². The highest BCUT2D eigenvalue weighted by Gasteiger charge is 2.09. The summed E-state index contributed by atoms with van der Waals surface area (Å²) < 4.78 is 2.06. The minimum atomic E-state index is 0.150. The second kappa shape index (κ2) is 7.04. The van der Waals surface area contributed by atoms with Crippen LogP contribution in [0.2, 0.25) is 0 Å². The van der Waals surface area contributed by atoms with Crippen LogP contribution >= 0.6 is 27.3 Å². The Morgan fingerprint density at radius 3 is 2.73 bits per heavy atom. The number of fused-ring (bicyclic) bond motifs is 1. The van der Waals surface area contributed by atoms with Crippen molar-refractivity contribution in [3.63, 3.8) is 0 Å². The van der Waals surface area contributed by atoms with Gasteiger partial charge in [-0.3, -0.25) is 0 Å². The smallest absolute Gasteiger partial charge is 0.225 e. The van der Waals surface area contributed by atoms with Gasteiger partial charge in [-0.25, -0.2) is 4.98 Å². The van der Waals surface area contributed by atoms with Gasteiger partial charge in [0.1, 0.15) is 0 Å². The average Bonchev–Trinajstić information content (AvgIpc) is 2.98. The molecule has 0 aliphatic carbocycles. The van der Waals surface area contributed by atoms with Crippen LogP contribution < -0.4 is 10.6 Å². The lowest BCUT2D eigenvalue weighted by molar-refractivity contribution is 0.292. The molecule has 3 rings (SSSR count). The lowest BCUT2D eigenvalue weighted by Gasteiger charge is -2.10. The summed E-state index contributed by atoms with van der Waals surface area (Å²) in [4.78, 5) is 9.03. The molecule has 0 fully saturated rings. The summed E-state index contributed by atoms with van der Waals surface area (Å²) in [5.74, 6) is 1.35. The van der Waals surface area contributed by atoms with E-state index in [2.05, 4.69) is 36.5 Å². The molecule has 0 bridgehead atoms. The highest BCUT2D eigenvalue weighted by atomic mass is 79.9. The van der Waals surface area contributed by atoms with E-state index in [1.54, 1.807) is 11.3 Å². The van der Waals surface area contributed by atoms with Gasteiger partial charge in [0, 0.05) is 23.3 Å². The van der Waals surface area contributed by atoms with Crippen LogP contribution in [0.1, 0.15) is 6.42 Å². The van der Waals surface area contributed by atoms with Crippen molar-refractivity contribution in [2.45, 2.75) is 6.42 Å². The van der Waals surface area contributed by atoms with Gasteiger partial charge < -0.3 is 15.7 Å². The van der Waals surface area contributed by atoms with Gasteiger partial charge in [-0.2, -0.15) is 4.98 Å². The molecule has 0 unspecified atom stereocenters. The van der Waals surface area contributed by atoms with Crippen LogP contribution in [0.15, 0.2) is 40.2 Å². The van der Waals surface area contributed by atoms with E-state index in [1.165, 1.54) is 0 Å². The monoisotopic (exact) mass is 378 g/mol. The predicted molar refractivity (Wildman–Crippen MR) is 95.0 cm³/mol. The number of hydrogen-bond donors (Lipinski definition) is 3. The van der Waals surface area contributed by atoms with Crippen molar-refractivity contribution in [1.82, 2.24) is 9.97 Å². The molecular weight excluding hydrogens is 364 g/mol. The van der Waals surface area contributed by atoms with Crippen molar-refractivity contribution in [2.75, 3.05) is 23.8 Å². The minimum absolute atomic E-state index is 0.150. The van der Waals surface area contributed by atoms with Crippen molar-refractivity contribution in [3.8, 4) is 0 Å². The van der Waals surface area contributed by atoms with Crippen LogP contribution in [0, 0.1) is 0 Å². The molecule has 0 amide bonds. The summed E-state index contributed by atoms with van der Waals surface area (Å²) in [7, 11) is 0. The van der Waals surface area contributed by atoms with Crippen molar-refractivity contribution in [3.05, 3.63) is 40.2 Å². The zero-order valence-electron chi connectivity index (χ0n) is 11.7. The average molecular weight is 379 g/mol. The SMILES string of the molecule is OCCCNc1nc(Nc2ccc(Br)cc2)c2sccc2n1. The first kappa shape index (κ1) is 15.2. The standard InChI is InChI=1S/C15H15BrN4OS/c16-10-2-4-11(5-3-10)18-14-13-12(6-9-22-13)19-15(20-14)17-7-1-8-21/h2-6,9,21H,1,7-8H2,(H2,17,18,19,20). The van der Waals surface area contributed by atoms with E-state index in [4.69, 9.17) is 5.11 Å². The summed E-state index contributed by atoms with van der Waals surface area (Å²) in [6.07, 6.45) is 0.667. The second-order valence-electron chi connectivity index (χ2n) is 4.67. The summed E-state index contributed by atoms with van der Waals surface area (Å²) in [6, 6.07) is 9.92. The van der Waals surface area contributed by atoms with E-state index < -0.39 is 0 Å². The Bertz CT molecular complexity index is 760. The van der Waals surface area contributed by atoms with E-state index >= 15 is 0 Å². The van der Waals surface area contributed by atoms with Crippen LogP contribution in [-0.4, -0.2) is 28.2 Å². The Morgan fingerprint density at radius 2 is 1.95 bits per heavy atom. The molecule has 7 heteroatoms. The van der Waals surface area contributed by atoms with Crippen LogP contribution in [0.5, 0.6) is 0 Å². The Balaban J connectivity index is 1.89. The fraction of sp³-hybridized carbons (Fsp3) is 0.200. The third-order valence-electron chi connectivity index (χ3n) is 3.03. The molecule has 3 N–H and O–H groups in total. The summed E-state index contributed by atoms with van der Waals surface area (Å²) in [5, 5.41) is 17.3. The molecule has 0 spiro atoms. The zero-order valence-corrected chi connectivity index (χ0v) is 14.1. The van der Waals surface area contributed by atoms with Crippen LogP contribution in [0.25, 0.3) is 10.2 Å². The molecule has 2 heterocycles. The maximum atomic E-state index is 8.86. The molecule has 2 aromatic heterocycles. The van der Waals surface area contributed by atoms with Gasteiger partial charge >= 0.3 is 0 Å². The first-order valence-electron chi connectivity index (χ1n) is 6.89. The molecule has 0 radical (unpaired) electrons.